The number of urea groups is 2. The van der Waals surface area contributed by atoms with Gasteiger partial charge in [-0.1, -0.05) is 132 Å². The van der Waals surface area contributed by atoms with Crippen molar-refractivity contribution in [3.8, 4) is 22.9 Å². The summed E-state index contributed by atoms with van der Waals surface area (Å²) in [4.78, 5) is 67.5. The minimum atomic E-state index is -1.18. The van der Waals surface area contributed by atoms with Crippen LogP contribution in [0, 0.1) is 0 Å². The van der Waals surface area contributed by atoms with E-state index in [0.717, 1.165) is 52.1 Å². The van der Waals surface area contributed by atoms with Gasteiger partial charge in [0.15, 0.2) is 33.2 Å². The summed E-state index contributed by atoms with van der Waals surface area (Å²) in [5, 5.41) is 26.6. The summed E-state index contributed by atoms with van der Waals surface area (Å²) in [6, 6.07) is 43.9. The number of esters is 1. The second-order valence-corrected chi connectivity index (χ2v) is 21.0. The smallest absolute Gasteiger partial charge is 0.870 e. The van der Waals surface area contributed by atoms with Crippen molar-refractivity contribution in [2.24, 2.45) is 0 Å². The average molecular weight is 1190 g/mol. The third-order valence-corrected chi connectivity index (χ3v) is 15.5. The number of carboxylic acid groups (broad SMARTS) is 1. The number of carbonyl (C=O) groups excluding carboxylic acids is 3. The zero-order valence-electron chi connectivity index (χ0n) is 47.0. The fourth-order valence-electron chi connectivity index (χ4n) is 9.59. The Kier molecular flexibility index (Phi) is 25.6. The van der Waals surface area contributed by atoms with Gasteiger partial charge in [-0.2, -0.15) is 0 Å². The number of morpholine rings is 2. The van der Waals surface area contributed by atoms with Gasteiger partial charge in [0.25, 0.3) is 0 Å². The quantitative estimate of drug-likeness (QED) is 0.0427. The van der Waals surface area contributed by atoms with Crippen molar-refractivity contribution in [3.05, 3.63) is 178 Å². The normalized spacial score (nSPS) is 13.4. The average Bonchev–Trinajstić information content (AvgIpc) is 4.54. The van der Waals surface area contributed by atoms with Crippen molar-refractivity contribution in [2.45, 2.75) is 31.6 Å². The SMILES string of the molecule is CCOC(=O)c1cc(-c2csc(NC(=O)N(CCC(c3ccccc3)c3ccccc3)CCN3CCOCC3)n2)on1.O=C(O)c1cc(-c2csc(NC(=O)N(CCC(c3ccccc3)c3ccccc3)CCN3CCOCC3)n2)on1.[Na+].[OH-]. The molecule has 0 radical (unpaired) electrons. The Morgan fingerprint density at radius 2 is 0.952 bits per heavy atom. The molecule has 4 amide bonds. The van der Waals surface area contributed by atoms with E-state index in [-0.39, 0.29) is 82.7 Å². The maximum Gasteiger partial charge on any atom is 1.00 e. The molecule has 21 nitrogen and oxygen atoms in total. The van der Waals surface area contributed by atoms with Gasteiger partial charge in [0.1, 0.15) is 11.4 Å². The largest absolute Gasteiger partial charge is 1.00 e. The number of amides is 4. The molecule has 0 aliphatic carbocycles. The molecule has 0 bridgehead atoms. The molecule has 2 saturated heterocycles. The molecular weight excluding hydrogens is 1120 g/mol. The molecule has 6 heterocycles. The van der Waals surface area contributed by atoms with E-state index in [4.69, 9.17) is 28.4 Å². The van der Waals surface area contributed by atoms with E-state index in [0.29, 0.717) is 80.0 Å². The number of carboxylic acids is 1. The Balaban J connectivity index is 0.000000236. The summed E-state index contributed by atoms with van der Waals surface area (Å²) in [6.07, 6.45) is 1.52. The molecule has 0 saturated carbocycles. The van der Waals surface area contributed by atoms with Gasteiger partial charge in [-0.3, -0.25) is 20.4 Å². The fraction of sp³-hybridized carbons (Fsp3) is 0.333. The van der Waals surface area contributed by atoms with Gasteiger partial charge in [0.05, 0.1) is 33.0 Å². The number of anilines is 2. The molecule has 0 spiro atoms. The molecule has 4 N–H and O–H groups in total. The van der Waals surface area contributed by atoms with Crippen LogP contribution in [-0.4, -0.2) is 173 Å². The second kappa shape index (κ2) is 33.4. The van der Waals surface area contributed by atoms with E-state index < -0.39 is 11.9 Å². The van der Waals surface area contributed by atoms with Crippen LogP contribution >= 0.6 is 22.7 Å². The fourth-order valence-corrected chi connectivity index (χ4v) is 11.0. The van der Waals surface area contributed by atoms with Crippen molar-refractivity contribution in [3.63, 3.8) is 0 Å². The van der Waals surface area contributed by atoms with Gasteiger partial charge in [-0.25, -0.2) is 29.1 Å². The molecular formula is C60H67N10NaO11S2. The van der Waals surface area contributed by atoms with Crippen LogP contribution in [0.15, 0.2) is 153 Å². The maximum absolute atomic E-state index is 13.6. The first-order valence-corrected chi connectivity index (χ1v) is 29.1. The van der Waals surface area contributed by atoms with Gasteiger partial charge in [0.2, 0.25) is 0 Å². The molecule has 2 aliphatic rings. The number of nitrogens with one attached hydrogen (secondary N) is 2. The predicted molar refractivity (Wildman–Crippen MR) is 314 cm³/mol. The van der Waals surface area contributed by atoms with Crippen LogP contribution in [0.2, 0.25) is 0 Å². The second-order valence-electron chi connectivity index (χ2n) is 19.3. The first kappa shape index (κ1) is 64.4. The van der Waals surface area contributed by atoms with E-state index in [1.165, 1.54) is 57.1 Å². The predicted octanol–water partition coefficient (Wildman–Crippen LogP) is 7.07. The number of aromatic carboxylic acids is 1. The Labute approximate surface area is 517 Å². The van der Waals surface area contributed by atoms with E-state index in [9.17, 15) is 19.2 Å². The van der Waals surface area contributed by atoms with Crippen LogP contribution in [0.1, 0.15) is 74.8 Å². The Morgan fingerprint density at radius 1 is 0.583 bits per heavy atom. The molecule has 436 valence electrons. The molecule has 10 rings (SSSR count). The molecule has 84 heavy (non-hydrogen) atoms. The van der Waals surface area contributed by atoms with Gasteiger partial charge < -0.3 is 43.6 Å². The van der Waals surface area contributed by atoms with E-state index in [1.54, 1.807) is 17.7 Å². The van der Waals surface area contributed by atoms with E-state index >= 15 is 0 Å². The minimum Gasteiger partial charge on any atom is -0.870 e. The number of carbonyl (C=O) groups is 4. The molecule has 4 aromatic carbocycles. The molecule has 2 aliphatic heterocycles. The Morgan fingerprint density at radius 3 is 1.31 bits per heavy atom. The summed E-state index contributed by atoms with van der Waals surface area (Å²) >= 11 is 2.52. The molecule has 0 atom stereocenters. The number of benzene rings is 4. The van der Waals surface area contributed by atoms with E-state index in [2.05, 4.69) is 114 Å². The standard InChI is InChI=1S/C31H35N5O5S.C29H31N5O5S.Na.H2O/c1-2-40-29(37)26-21-28(41-34-26)27-22-42-30(32-27)33-31(38)36(16-15-35-17-19-39-20-18-35)14-13-25(23-9-5-3-6-10-23)24-11-7-4-8-12-24;35-27(36)24-19-26(39-32-24)25-20-40-28(30-25)31-29(37)34(14-13-33-15-17-38-18-16-33)12-11-23(21-7-3-1-4-8-21)22-9-5-2-6-10-22;;/h3-12,21-22,25H,2,13-20H2,1H3,(H,32,33,38);1-10,19-20,23H,11-18H2,(H,35,36)(H,30,31,37);;1H2/q;;+1;/p-1. The Hall–Kier alpha value is -7.16. The van der Waals surface area contributed by atoms with Crippen LogP contribution in [0.4, 0.5) is 19.9 Å². The first-order valence-electron chi connectivity index (χ1n) is 27.3. The summed E-state index contributed by atoms with van der Waals surface area (Å²) < 4.78 is 26.3. The van der Waals surface area contributed by atoms with E-state index in [1.807, 2.05) is 58.3 Å². The number of ether oxygens (including phenoxy) is 3. The minimum absolute atomic E-state index is 0. The first-order chi connectivity index (χ1) is 40.2. The summed E-state index contributed by atoms with van der Waals surface area (Å²) in [7, 11) is 0. The van der Waals surface area contributed by atoms with Crippen LogP contribution < -0.4 is 40.2 Å². The number of hydrogen-bond acceptors (Lipinski definition) is 18. The Bertz CT molecular complexity index is 3170. The van der Waals surface area contributed by atoms with Crippen molar-refractivity contribution < 1.29 is 82.6 Å². The van der Waals surface area contributed by atoms with Crippen LogP contribution in [0.3, 0.4) is 0 Å². The van der Waals surface area contributed by atoms with Crippen molar-refractivity contribution >= 4 is 56.9 Å². The summed E-state index contributed by atoms with van der Waals surface area (Å²) in [5.74, 6) is -0.894. The summed E-state index contributed by atoms with van der Waals surface area (Å²) in [6.45, 7) is 11.9. The molecule has 4 aromatic heterocycles. The van der Waals surface area contributed by atoms with Gasteiger partial charge in [-0.15, -0.1) is 22.7 Å². The summed E-state index contributed by atoms with van der Waals surface area (Å²) in [5.41, 5.74) is 5.62. The molecule has 24 heteroatoms. The van der Waals surface area contributed by atoms with Crippen LogP contribution in [0.5, 0.6) is 0 Å². The van der Waals surface area contributed by atoms with Crippen molar-refractivity contribution in [2.75, 3.05) is 109 Å². The maximum atomic E-state index is 13.6. The van der Waals surface area contributed by atoms with Crippen molar-refractivity contribution in [1.82, 2.24) is 39.9 Å². The third-order valence-electron chi connectivity index (χ3n) is 14.0. The van der Waals surface area contributed by atoms with Gasteiger partial charge >= 0.3 is 53.6 Å². The molecule has 8 aromatic rings. The zero-order valence-corrected chi connectivity index (χ0v) is 50.6. The monoisotopic (exact) mass is 1190 g/mol. The van der Waals surface area contributed by atoms with Crippen molar-refractivity contribution in [1.29, 1.82) is 0 Å². The number of aromatic nitrogens is 4. The molecule has 2 fully saturated rings. The van der Waals surface area contributed by atoms with Gasteiger partial charge in [-0.05, 0) is 42.0 Å². The van der Waals surface area contributed by atoms with Crippen LogP contribution in [-0.2, 0) is 14.2 Å². The molecule has 0 unspecified atom stereocenters. The van der Waals surface area contributed by atoms with Crippen LogP contribution in [0.25, 0.3) is 22.9 Å². The topological polar surface area (TPSA) is 261 Å². The number of hydrogen-bond donors (Lipinski definition) is 3. The zero-order chi connectivity index (χ0) is 56.9. The number of thiazole rings is 2. The third kappa shape index (κ3) is 18.7. The van der Waals surface area contributed by atoms with Gasteiger partial charge in [0, 0.05) is 100 Å². The number of nitrogens with zero attached hydrogens (tertiary/aromatic N) is 8. The number of rotatable bonds is 23.